The molecule has 1 aliphatic rings. The number of hydrogen-bond acceptors (Lipinski definition) is 10. The van der Waals surface area contributed by atoms with Crippen molar-refractivity contribution in [1.29, 1.82) is 0 Å². The molecule has 0 aromatic carbocycles. The van der Waals surface area contributed by atoms with Crippen LogP contribution in [0.4, 0.5) is 5.95 Å². The van der Waals surface area contributed by atoms with Crippen LogP contribution in [0.1, 0.15) is 0 Å². The Morgan fingerprint density at radius 3 is 2.73 bits per heavy atom. The number of nitrogens with one attached hydrogen (secondary N) is 1. The number of ether oxygens (including phenoxy) is 2. The molecule has 8 N–H and O–H groups in total. The van der Waals surface area contributed by atoms with Gasteiger partial charge in [0.2, 0.25) is 5.95 Å². The zero-order chi connectivity index (χ0) is 19.3. The molecular formula is C11H16N5O9P. The van der Waals surface area contributed by atoms with Crippen LogP contribution in [0.3, 0.4) is 0 Å². The number of hydrogen-bond donors (Lipinski definition) is 7. The molecule has 2 aromatic heterocycles. The van der Waals surface area contributed by atoms with Crippen LogP contribution in [0.2, 0.25) is 0 Å². The van der Waals surface area contributed by atoms with Gasteiger partial charge in [-0.15, -0.1) is 0 Å². The first-order valence-electron chi connectivity index (χ1n) is 7.15. The SMILES string of the molecule is Nc1nc2c(ncn2[C@]2(OCP(=O)(O)O)O[C@H](CO)[C@@H](O)[C@H]2O)c(=O)[nH]1. The number of nitrogen functional groups attached to an aromatic ring is 1. The lowest BCUT2D eigenvalue weighted by atomic mass is 10.1. The molecule has 15 heteroatoms. The van der Waals surface area contributed by atoms with E-state index < -0.39 is 50.3 Å². The van der Waals surface area contributed by atoms with Gasteiger partial charge in [-0.2, -0.15) is 4.98 Å². The quantitative estimate of drug-likeness (QED) is 0.246. The molecule has 144 valence electrons. The first-order chi connectivity index (χ1) is 12.1. The van der Waals surface area contributed by atoms with Gasteiger partial charge in [0.1, 0.15) is 18.5 Å². The summed E-state index contributed by atoms with van der Waals surface area (Å²) in [5.74, 6) is -2.73. The highest BCUT2D eigenvalue weighted by Crippen LogP contribution is 2.43. The Morgan fingerprint density at radius 2 is 2.15 bits per heavy atom. The van der Waals surface area contributed by atoms with E-state index in [2.05, 4.69) is 15.0 Å². The van der Waals surface area contributed by atoms with E-state index in [1.165, 1.54) is 0 Å². The Kier molecular flexibility index (Phi) is 4.62. The number of rotatable bonds is 5. The van der Waals surface area contributed by atoms with Gasteiger partial charge in [-0.1, -0.05) is 0 Å². The summed E-state index contributed by atoms with van der Waals surface area (Å²) in [7, 11) is -4.72. The van der Waals surface area contributed by atoms with Crippen molar-refractivity contribution in [3.05, 3.63) is 16.7 Å². The zero-order valence-electron chi connectivity index (χ0n) is 13.0. The Hall–Kier alpha value is -1.90. The monoisotopic (exact) mass is 393 g/mol. The maximum absolute atomic E-state index is 11.9. The summed E-state index contributed by atoms with van der Waals surface area (Å²) in [6.45, 7) is -0.734. The molecule has 3 rings (SSSR count). The normalized spacial score (nSPS) is 29.5. The van der Waals surface area contributed by atoms with Crippen LogP contribution in [-0.4, -0.2) is 75.9 Å². The molecule has 0 aliphatic carbocycles. The minimum Gasteiger partial charge on any atom is -0.394 e. The van der Waals surface area contributed by atoms with Gasteiger partial charge < -0.3 is 40.3 Å². The lowest BCUT2D eigenvalue weighted by Gasteiger charge is -2.33. The van der Waals surface area contributed by atoms with Crippen molar-refractivity contribution < 1.29 is 39.1 Å². The molecule has 4 atom stereocenters. The Labute approximate surface area is 144 Å². The van der Waals surface area contributed by atoms with Crippen LogP contribution in [-0.2, 0) is 19.9 Å². The molecule has 2 aromatic rings. The van der Waals surface area contributed by atoms with Crippen molar-refractivity contribution in [2.24, 2.45) is 0 Å². The second kappa shape index (κ2) is 6.37. The zero-order valence-corrected chi connectivity index (χ0v) is 13.9. The molecule has 26 heavy (non-hydrogen) atoms. The van der Waals surface area contributed by atoms with Crippen molar-refractivity contribution in [3.8, 4) is 0 Å². The fourth-order valence-electron chi connectivity index (χ4n) is 2.64. The summed E-state index contributed by atoms with van der Waals surface area (Å²) < 4.78 is 22.6. The number of aromatic amines is 1. The summed E-state index contributed by atoms with van der Waals surface area (Å²) in [5, 5.41) is 29.8. The maximum Gasteiger partial charge on any atom is 0.351 e. The highest BCUT2D eigenvalue weighted by atomic mass is 31.2. The van der Waals surface area contributed by atoms with Gasteiger partial charge >= 0.3 is 7.60 Å². The molecular weight excluding hydrogens is 377 g/mol. The van der Waals surface area contributed by atoms with Crippen molar-refractivity contribution in [2.75, 3.05) is 18.7 Å². The number of H-pyrrole nitrogens is 1. The number of anilines is 1. The van der Waals surface area contributed by atoms with Gasteiger partial charge in [-0.25, -0.2) is 4.98 Å². The van der Waals surface area contributed by atoms with E-state index in [0.29, 0.717) is 0 Å². The third kappa shape index (κ3) is 3.02. The molecule has 1 aliphatic heterocycles. The van der Waals surface area contributed by atoms with Gasteiger partial charge in [-0.3, -0.25) is 18.9 Å². The summed E-state index contributed by atoms with van der Waals surface area (Å²) in [4.78, 5) is 39.9. The second-order valence-electron chi connectivity index (χ2n) is 5.58. The number of nitrogens with zero attached hydrogens (tertiary/aromatic N) is 3. The molecule has 0 saturated carbocycles. The molecule has 0 unspecified atom stereocenters. The van der Waals surface area contributed by atoms with Crippen molar-refractivity contribution >= 4 is 24.7 Å². The predicted molar refractivity (Wildman–Crippen MR) is 82.5 cm³/mol. The average molecular weight is 393 g/mol. The van der Waals surface area contributed by atoms with E-state index in [0.717, 1.165) is 10.9 Å². The van der Waals surface area contributed by atoms with Crippen molar-refractivity contribution in [3.63, 3.8) is 0 Å². The van der Waals surface area contributed by atoms with E-state index in [9.17, 15) is 24.7 Å². The number of imidazole rings is 1. The molecule has 3 heterocycles. The Morgan fingerprint density at radius 1 is 1.46 bits per heavy atom. The highest BCUT2D eigenvalue weighted by Gasteiger charge is 2.58. The van der Waals surface area contributed by atoms with Crippen LogP contribution in [0.15, 0.2) is 11.1 Å². The van der Waals surface area contributed by atoms with Crippen LogP contribution in [0.5, 0.6) is 0 Å². The first-order valence-corrected chi connectivity index (χ1v) is 8.95. The fourth-order valence-corrected chi connectivity index (χ4v) is 2.99. The van der Waals surface area contributed by atoms with E-state index in [-0.39, 0.29) is 17.1 Å². The molecule has 0 radical (unpaired) electrons. The highest BCUT2D eigenvalue weighted by molar-refractivity contribution is 7.51. The molecule has 0 spiro atoms. The largest absolute Gasteiger partial charge is 0.394 e. The summed E-state index contributed by atoms with van der Waals surface area (Å²) in [6.07, 6.45) is -5.17. The minimum atomic E-state index is -4.72. The number of fused-ring (bicyclic) bond motifs is 1. The molecule has 0 bridgehead atoms. The number of nitrogens with two attached hydrogens (primary N) is 1. The third-order valence-electron chi connectivity index (χ3n) is 3.78. The van der Waals surface area contributed by atoms with E-state index in [1.807, 2.05) is 0 Å². The lowest BCUT2D eigenvalue weighted by molar-refractivity contribution is -0.307. The fraction of sp³-hybridized carbons (Fsp3) is 0.545. The van der Waals surface area contributed by atoms with Gasteiger partial charge in [-0.05, 0) is 0 Å². The second-order valence-corrected chi connectivity index (χ2v) is 7.17. The third-order valence-corrected chi connectivity index (χ3v) is 4.24. The van der Waals surface area contributed by atoms with E-state index in [1.54, 1.807) is 0 Å². The van der Waals surface area contributed by atoms with Gasteiger partial charge in [0, 0.05) is 0 Å². The summed E-state index contributed by atoms with van der Waals surface area (Å²) in [6, 6.07) is 0. The summed E-state index contributed by atoms with van der Waals surface area (Å²) >= 11 is 0. The smallest absolute Gasteiger partial charge is 0.351 e. The predicted octanol–water partition coefficient (Wildman–Crippen LogP) is -3.42. The molecule has 1 saturated heterocycles. The van der Waals surface area contributed by atoms with Crippen LogP contribution >= 0.6 is 7.60 Å². The Balaban J connectivity index is 2.19. The molecule has 1 fully saturated rings. The Bertz CT molecular complexity index is 924. The topological polar surface area (TPSA) is 226 Å². The number of aromatic nitrogens is 4. The maximum atomic E-state index is 11.9. The van der Waals surface area contributed by atoms with Gasteiger partial charge in [0.25, 0.3) is 11.5 Å². The van der Waals surface area contributed by atoms with Crippen LogP contribution in [0, 0.1) is 0 Å². The standard InChI is InChI=1S/C11H16N5O9P/c12-10-14-8-5(9(20)15-10)13-2-16(8)11(24-3-26(21,22)23)7(19)6(18)4(1-17)25-11/h2,4,6-7,17-19H,1,3H2,(H2,21,22,23)(H3,12,14,15,20)/t4-,6-,7-,11-/m1/s1. The van der Waals surface area contributed by atoms with Crippen molar-refractivity contribution in [1.82, 2.24) is 19.5 Å². The first kappa shape index (κ1) is 18.9. The van der Waals surface area contributed by atoms with Crippen molar-refractivity contribution in [2.45, 2.75) is 24.2 Å². The van der Waals surface area contributed by atoms with E-state index >= 15 is 0 Å². The number of aliphatic hydroxyl groups excluding tert-OH is 3. The average Bonchev–Trinajstić information content (AvgIpc) is 3.07. The van der Waals surface area contributed by atoms with E-state index in [4.69, 9.17) is 25.0 Å². The van der Waals surface area contributed by atoms with Gasteiger partial charge in [0.05, 0.1) is 6.61 Å². The molecule has 14 nitrogen and oxygen atoms in total. The number of aliphatic hydroxyl groups is 3. The van der Waals surface area contributed by atoms with Crippen LogP contribution in [0.25, 0.3) is 11.2 Å². The van der Waals surface area contributed by atoms with Gasteiger partial charge in [0.15, 0.2) is 23.6 Å². The lowest BCUT2D eigenvalue weighted by Crippen LogP contribution is -2.48. The minimum absolute atomic E-state index is 0.226. The van der Waals surface area contributed by atoms with Crippen LogP contribution < -0.4 is 11.3 Å². The molecule has 0 amide bonds. The summed E-state index contributed by atoms with van der Waals surface area (Å²) in [5.41, 5.74) is 4.31.